The number of aromatic nitrogens is 2. The molecule has 81 heavy (non-hydrogen) atoms. The molecule has 399 valence electrons. The Bertz CT molecular complexity index is 4160. The van der Waals surface area contributed by atoms with Gasteiger partial charge in [-0.3, -0.25) is 24.4 Å². The van der Waals surface area contributed by atoms with E-state index in [1.165, 1.54) is 12.1 Å². The van der Waals surface area contributed by atoms with Crippen molar-refractivity contribution in [2.24, 2.45) is 0 Å². The largest absolute Gasteiger partial charge is 0.478 e. The molecule has 2 aromatic heterocycles. The number of carboxylic acid groups (broad SMARTS) is 2. The first-order valence-corrected chi connectivity index (χ1v) is 25.5. The van der Waals surface area contributed by atoms with Crippen LogP contribution in [-0.4, -0.2) is 59.7 Å². The summed E-state index contributed by atoms with van der Waals surface area (Å²) in [4.78, 5) is 69.9. The molecule has 11 nitrogen and oxygen atoms in total. The van der Waals surface area contributed by atoms with Crippen LogP contribution in [0, 0.1) is 70.1 Å². The Hall–Kier alpha value is -8.75. The monoisotopic (exact) mass is 1210 g/mol. The minimum absolute atomic E-state index is 0. The van der Waals surface area contributed by atoms with E-state index in [0.29, 0.717) is 22.3 Å². The van der Waals surface area contributed by atoms with Crippen molar-refractivity contribution in [3.63, 3.8) is 0 Å². The van der Waals surface area contributed by atoms with E-state index in [4.69, 9.17) is 0 Å². The number of hydrogen-bond acceptors (Lipinski definition) is 9. The molecule has 0 saturated carbocycles. The molecule has 0 aliphatic carbocycles. The van der Waals surface area contributed by atoms with E-state index >= 15 is 0 Å². The van der Waals surface area contributed by atoms with Gasteiger partial charge in [-0.15, -0.1) is 0 Å². The van der Waals surface area contributed by atoms with Crippen LogP contribution in [0.15, 0.2) is 231 Å². The summed E-state index contributed by atoms with van der Waals surface area (Å²) in [6.45, 7) is 5.98. The fraction of sp³-hybridized carbons (Fsp3) is 0.0580. The topological polar surface area (TPSA) is 192 Å². The van der Waals surface area contributed by atoms with E-state index in [1.54, 1.807) is 91.3 Å². The van der Waals surface area contributed by atoms with Crippen molar-refractivity contribution in [3.8, 4) is 0 Å². The third-order valence-electron chi connectivity index (χ3n) is 13.8. The molecular weight excluding hydrogens is 1150 g/mol. The Morgan fingerprint density at radius 1 is 0.321 bits per heavy atom. The Kier molecular flexibility index (Phi) is 19.1. The van der Waals surface area contributed by atoms with Crippen molar-refractivity contribution in [2.45, 2.75) is 27.1 Å². The van der Waals surface area contributed by atoms with Gasteiger partial charge in [-0.1, -0.05) is 194 Å². The van der Waals surface area contributed by atoms with Gasteiger partial charge in [0.25, 0.3) is 0 Å². The smallest absolute Gasteiger partial charge is 0.336 e. The molecule has 0 aliphatic heterocycles. The summed E-state index contributed by atoms with van der Waals surface area (Å²) in [6, 6.07) is 65.3. The number of hydrogen-bond donors (Lipinski definition) is 4. The van der Waals surface area contributed by atoms with Gasteiger partial charge in [0.05, 0.1) is 22.2 Å². The molecule has 1 radical (unpaired) electrons. The average molecular weight is 1210 g/mol. The number of aryl methyl sites for hydroxylation is 3. The first-order chi connectivity index (χ1) is 38.7. The van der Waals surface area contributed by atoms with Crippen molar-refractivity contribution in [1.82, 2.24) is 9.97 Å². The van der Waals surface area contributed by atoms with Gasteiger partial charge in [-0.2, -0.15) is 0 Å². The number of carbonyl (C=O) groups is 5. The number of rotatable bonds is 9. The van der Waals surface area contributed by atoms with Crippen LogP contribution in [-0.2, 0) is 0 Å². The number of nitrogens with zero attached hydrogens (tertiary/aromatic N) is 2. The number of pyridine rings is 2. The molecule has 12 aromatic rings. The van der Waals surface area contributed by atoms with E-state index in [1.807, 2.05) is 124 Å². The summed E-state index contributed by atoms with van der Waals surface area (Å²) in [5, 5.41) is 45.3. The van der Waals surface area contributed by atoms with Crippen LogP contribution in [0.2, 0.25) is 0 Å². The fourth-order valence-corrected chi connectivity index (χ4v) is 9.72. The second-order valence-electron chi connectivity index (χ2n) is 18.8. The van der Waals surface area contributed by atoms with Gasteiger partial charge in [0, 0.05) is 111 Å². The number of carboxylic acids is 2. The van der Waals surface area contributed by atoms with Gasteiger partial charge >= 0.3 is 11.9 Å². The Balaban J connectivity index is 0.000000143. The standard InChI is InChI=1S/C19H16O3.2C19H14O3.C12H8N2.Eu/c3*1-12-10-11-16(14-7-3-2-6-13(12)14)18(20)15-8-4-5-9-17(15)19(21)22;1-3-9-5-6-10-4-2-8-14-12(10)11(9)13-7-1;/h2-11,19,21-22H,1H3;2*2-11H,1H3,(H,21,22);1-8H;. The van der Waals surface area contributed by atoms with E-state index in [0.717, 1.165) is 70.8 Å². The molecule has 4 N–H and O–H groups in total. The third-order valence-corrected chi connectivity index (χ3v) is 13.8. The molecule has 0 aliphatic rings. The number of carbonyl (C=O) groups excluding carboxylic acids is 3. The predicted molar refractivity (Wildman–Crippen MR) is 314 cm³/mol. The van der Waals surface area contributed by atoms with E-state index in [9.17, 15) is 44.4 Å². The number of fused-ring (bicyclic) bond motifs is 6. The van der Waals surface area contributed by atoms with Crippen LogP contribution >= 0.6 is 0 Å². The summed E-state index contributed by atoms with van der Waals surface area (Å²) >= 11 is 0. The SMILES string of the molecule is Cc1ccc(C(=O)c2ccccc2C(=O)O)c2ccccc12.Cc1ccc(C(=O)c2ccccc2C(=O)O)c2ccccc12.Cc1ccc(C(=O)c2ccccc2C(O)O)c2ccccc12.[Eu].c1cnc2c(c1)ccc1cccnc12. The van der Waals surface area contributed by atoms with Crippen LogP contribution in [0.3, 0.4) is 0 Å². The average Bonchev–Trinajstić information content (AvgIpc) is 3.68. The molecular formula is C69H52EuN2O9. The second-order valence-corrected chi connectivity index (χ2v) is 18.8. The predicted octanol–water partition coefficient (Wildman–Crippen LogP) is 14.3. The van der Waals surface area contributed by atoms with Crippen molar-refractivity contribution in [3.05, 3.63) is 298 Å². The fourth-order valence-electron chi connectivity index (χ4n) is 9.72. The van der Waals surface area contributed by atoms with Crippen molar-refractivity contribution in [2.75, 3.05) is 0 Å². The molecule has 0 bridgehead atoms. The Morgan fingerprint density at radius 3 is 0.963 bits per heavy atom. The molecule has 12 rings (SSSR count). The second kappa shape index (κ2) is 26.5. The first kappa shape index (κ1) is 58.4. The summed E-state index contributed by atoms with van der Waals surface area (Å²) in [5.41, 5.74) is 7.83. The molecule has 0 spiro atoms. The number of aliphatic hydroxyl groups excluding tert-OH is 1. The Morgan fingerprint density at radius 2 is 0.617 bits per heavy atom. The summed E-state index contributed by atoms with van der Waals surface area (Å²) in [6.07, 6.45) is 1.93. The molecule has 10 aromatic carbocycles. The van der Waals surface area contributed by atoms with Gasteiger partial charge in [-0.25, -0.2) is 9.59 Å². The van der Waals surface area contributed by atoms with E-state index < -0.39 is 18.2 Å². The maximum atomic E-state index is 12.9. The quantitative estimate of drug-likeness (QED) is 0.0611. The molecule has 0 amide bonds. The van der Waals surface area contributed by atoms with Crippen molar-refractivity contribution >= 4 is 83.4 Å². The Labute approximate surface area is 507 Å². The molecule has 0 atom stereocenters. The molecule has 0 fully saturated rings. The van der Waals surface area contributed by atoms with Crippen LogP contribution in [0.5, 0.6) is 0 Å². The van der Waals surface area contributed by atoms with Gasteiger partial charge in [0.15, 0.2) is 23.6 Å². The maximum absolute atomic E-state index is 12.9. The summed E-state index contributed by atoms with van der Waals surface area (Å²) in [5.74, 6) is -2.94. The molecule has 2 heterocycles. The first-order valence-electron chi connectivity index (χ1n) is 25.5. The minimum Gasteiger partial charge on any atom is -0.478 e. The van der Waals surface area contributed by atoms with E-state index in [2.05, 4.69) is 34.2 Å². The molecule has 12 heteroatoms. The zero-order valence-corrected chi connectivity index (χ0v) is 46.5. The van der Waals surface area contributed by atoms with Gasteiger partial charge in [-0.05, 0) is 94.0 Å². The van der Waals surface area contributed by atoms with Gasteiger partial charge in [0.1, 0.15) is 0 Å². The number of benzene rings is 10. The normalized spacial score (nSPS) is 10.6. The summed E-state index contributed by atoms with van der Waals surface area (Å²) < 4.78 is 0. The third kappa shape index (κ3) is 12.8. The van der Waals surface area contributed by atoms with E-state index in [-0.39, 0.29) is 94.5 Å². The zero-order valence-electron chi connectivity index (χ0n) is 44.1. The number of aliphatic hydroxyl groups is 2. The van der Waals surface area contributed by atoms with Gasteiger partial charge in [0.2, 0.25) is 0 Å². The maximum Gasteiger partial charge on any atom is 0.336 e. The minimum atomic E-state index is -1.67. The summed E-state index contributed by atoms with van der Waals surface area (Å²) in [7, 11) is 0. The van der Waals surface area contributed by atoms with Crippen molar-refractivity contribution < 1.29 is 93.8 Å². The van der Waals surface area contributed by atoms with Crippen LogP contribution in [0.25, 0.3) is 54.1 Å². The number of ketones is 3. The zero-order chi connectivity index (χ0) is 56.5. The van der Waals surface area contributed by atoms with Crippen LogP contribution in [0.4, 0.5) is 0 Å². The molecule has 0 unspecified atom stereocenters. The van der Waals surface area contributed by atoms with Crippen molar-refractivity contribution in [1.29, 1.82) is 0 Å². The van der Waals surface area contributed by atoms with Crippen LogP contribution in [0.1, 0.15) is 97.0 Å². The van der Waals surface area contributed by atoms with Crippen LogP contribution < -0.4 is 0 Å². The molecule has 0 saturated heterocycles. The van der Waals surface area contributed by atoms with Gasteiger partial charge < -0.3 is 20.4 Å². The number of aromatic carboxylic acids is 2.